The Kier molecular flexibility index (Phi) is 1.79. The monoisotopic (exact) mass is 178 g/mol. The maximum atomic E-state index is 12.6. The first-order chi connectivity index (χ1) is 6.22. The largest absolute Gasteiger partial charge is 0.299 e. The molecule has 0 fully saturated rings. The van der Waals surface area contributed by atoms with E-state index in [0.29, 0.717) is 0 Å². The van der Waals surface area contributed by atoms with Crippen molar-refractivity contribution in [3.8, 4) is 0 Å². The van der Waals surface area contributed by atoms with Crippen molar-refractivity contribution in [1.29, 1.82) is 0 Å². The quantitative estimate of drug-likeness (QED) is 0.656. The molecule has 68 valence electrons. The van der Waals surface area contributed by atoms with Crippen LogP contribution in [-0.4, -0.2) is 9.55 Å². The number of halogens is 1. The third kappa shape index (κ3) is 1.20. The van der Waals surface area contributed by atoms with Gasteiger partial charge in [0.1, 0.15) is 5.82 Å². The third-order valence-electron chi connectivity index (χ3n) is 2.21. The van der Waals surface area contributed by atoms with E-state index < -0.39 is 6.80 Å². The highest BCUT2D eigenvalue weighted by atomic mass is 19.1. The maximum Gasteiger partial charge on any atom is 0.167 e. The Morgan fingerprint density at radius 2 is 2.15 bits per heavy atom. The van der Waals surface area contributed by atoms with Gasteiger partial charge in [0.05, 0.1) is 11.0 Å². The van der Waals surface area contributed by atoms with Gasteiger partial charge in [0.15, 0.2) is 6.80 Å². The molecule has 1 aromatic carbocycles. The molecule has 0 N–H and O–H groups in total. The fraction of sp³-hybridized carbons (Fsp3) is 0.300. The first-order valence-corrected chi connectivity index (χ1v) is 4.22. The van der Waals surface area contributed by atoms with Crippen LogP contribution < -0.4 is 0 Å². The van der Waals surface area contributed by atoms with Crippen LogP contribution in [0.25, 0.3) is 11.0 Å². The van der Waals surface area contributed by atoms with Crippen molar-refractivity contribution in [2.75, 3.05) is 0 Å². The standard InChI is InChI=1S/C10H11FN2/c1-7-3-4-10-9(5-7)12-8(2)13(10)6-11/h3-5H,6H2,1-2H3. The lowest BCUT2D eigenvalue weighted by molar-refractivity contribution is 0.379. The fourth-order valence-electron chi connectivity index (χ4n) is 1.51. The van der Waals surface area contributed by atoms with Crippen molar-refractivity contribution in [1.82, 2.24) is 9.55 Å². The molecular weight excluding hydrogens is 167 g/mol. The topological polar surface area (TPSA) is 17.8 Å². The van der Waals surface area contributed by atoms with Gasteiger partial charge in [-0.05, 0) is 31.5 Å². The Morgan fingerprint density at radius 3 is 2.85 bits per heavy atom. The molecule has 0 aliphatic carbocycles. The first-order valence-electron chi connectivity index (χ1n) is 4.22. The highest BCUT2D eigenvalue weighted by Crippen LogP contribution is 2.17. The lowest BCUT2D eigenvalue weighted by Gasteiger charge is -1.98. The molecule has 0 unspecified atom stereocenters. The summed E-state index contributed by atoms with van der Waals surface area (Å²) in [7, 11) is 0. The fourth-order valence-corrected chi connectivity index (χ4v) is 1.51. The molecule has 0 radical (unpaired) electrons. The Hall–Kier alpha value is -1.38. The summed E-state index contributed by atoms with van der Waals surface area (Å²) in [5.74, 6) is 0.725. The van der Waals surface area contributed by atoms with Gasteiger partial charge in [-0.3, -0.25) is 4.57 Å². The number of alkyl halides is 1. The number of aromatic nitrogens is 2. The van der Waals surface area contributed by atoms with Crippen molar-refractivity contribution in [3.63, 3.8) is 0 Å². The van der Waals surface area contributed by atoms with Gasteiger partial charge in [-0.2, -0.15) is 0 Å². The molecule has 0 bridgehead atoms. The molecule has 3 heteroatoms. The zero-order valence-electron chi connectivity index (χ0n) is 7.71. The van der Waals surface area contributed by atoms with Crippen molar-refractivity contribution in [2.45, 2.75) is 20.6 Å². The molecule has 2 rings (SSSR count). The van der Waals surface area contributed by atoms with Crippen LogP contribution in [0, 0.1) is 13.8 Å². The van der Waals surface area contributed by atoms with Gasteiger partial charge in [0.25, 0.3) is 0 Å². The second-order valence-electron chi connectivity index (χ2n) is 3.20. The van der Waals surface area contributed by atoms with Crippen LogP contribution in [0.5, 0.6) is 0 Å². The molecule has 0 spiro atoms. The first kappa shape index (κ1) is 8.23. The number of rotatable bonds is 1. The molecule has 0 aliphatic rings. The van der Waals surface area contributed by atoms with Gasteiger partial charge in [0.2, 0.25) is 0 Å². The van der Waals surface area contributed by atoms with Crippen molar-refractivity contribution < 1.29 is 4.39 Å². The van der Waals surface area contributed by atoms with Crippen LogP contribution >= 0.6 is 0 Å². The number of benzene rings is 1. The van der Waals surface area contributed by atoms with Gasteiger partial charge in [-0.1, -0.05) is 6.07 Å². The number of hydrogen-bond acceptors (Lipinski definition) is 1. The highest BCUT2D eigenvalue weighted by molar-refractivity contribution is 5.76. The molecular formula is C10H11FN2. The van der Waals surface area contributed by atoms with Crippen molar-refractivity contribution >= 4 is 11.0 Å². The molecule has 0 saturated heterocycles. The lowest BCUT2D eigenvalue weighted by Crippen LogP contribution is -1.94. The Balaban J connectivity index is 2.79. The minimum absolute atomic E-state index is 0.509. The van der Waals surface area contributed by atoms with Crippen LogP contribution in [-0.2, 0) is 6.80 Å². The summed E-state index contributed by atoms with van der Waals surface area (Å²) < 4.78 is 14.1. The number of nitrogens with zero attached hydrogens (tertiary/aromatic N) is 2. The van der Waals surface area contributed by atoms with Crippen molar-refractivity contribution in [3.05, 3.63) is 29.6 Å². The van der Waals surface area contributed by atoms with E-state index in [1.54, 1.807) is 4.57 Å². The number of imidazole rings is 1. The van der Waals surface area contributed by atoms with Gasteiger partial charge < -0.3 is 0 Å². The Morgan fingerprint density at radius 1 is 1.38 bits per heavy atom. The van der Waals surface area contributed by atoms with Crippen LogP contribution in [0.1, 0.15) is 11.4 Å². The molecule has 1 heterocycles. The van der Waals surface area contributed by atoms with E-state index in [-0.39, 0.29) is 0 Å². The zero-order chi connectivity index (χ0) is 9.42. The smallest absolute Gasteiger partial charge is 0.167 e. The summed E-state index contributed by atoms with van der Waals surface area (Å²) in [4.78, 5) is 4.27. The van der Waals surface area contributed by atoms with E-state index in [0.717, 1.165) is 22.4 Å². The second-order valence-corrected chi connectivity index (χ2v) is 3.20. The van der Waals surface area contributed by atoms with E-state index in [1.807, 2.05) is 32.0 Å². The summed E-state index contributed by atoms with van der Waals surface area (Å²) in [5, 5.41) is 0. The summed E-state index contributed by atoms with van der Waals surface area (Å²) in [6, 6.07) is 5.84. The maximum absolute atomic E-state index is 12.6. The predicted molar refractivity (Wildman–Crippen MR) is 50.3 cm³/mol. The Labute approximate surface area is 76.0 Å². The SMILES string of the molecule is Cc1ccc2c(c1)nc(C)n2CF. The van der Waals surface area contributed by atoms with E-state index in [4.69, 9.17) is 0 Å². The summed E-state index contributed by atoms with van der Waals surface area (Å²) >= 11 is 0. The van der Waals surface area contributed by atoms with Gasteiger partial charge in [-0.15, -0.1) is 0 Å². The molecule has 13 heavy (non-hydrogen) atoms. The summed E-state index contributed by atoms with van der Waals surface area (Å²) in [5.41, 5.74) is 2.89. The highest BCUT2D eigenvalue weighted by Gasteiger charge is 2.05. The van der Waals surface area contributed by atoms with Crippen LogP contribution in [0.15, 0.2) is 18.2 Å². The lowest BCUT2D eigenvalue weighted by atomic mass is 10.2. The Bertz CT molecular complexity index is 445. The summed E-state index contributed by atoms with van der Waals surface area (Å²) in [6.45, 7) is 3.31. The molecule has 0 amide bonds. The molecule has 2 nitrogen and oxygen atoms in total. The molecule has 2 aromatic rings. The van der Waals surface area contributed by atoms with Crippen molar-refractivity contribution in [2.24, 2.45) is 0 Å². The van der Waals surface area contributed by atoms with Gasteiger partial charge in [-0.25, -0.2) is 9.37 Å². The number of fused-ring (bicyclic) bond motifs is 1. The second kappa shape index (κ2) is 2.83. The van der Waals surface area contributed by atoms with E-state index in [9.17, 15) is 4.39 Å². The molecule has 0 saturated carbocycles. The van der Waals surface area contributed by atoms with E-state index in [1.165, 1.54) is 0 Å². The average molecular weight is 178 g/mol. The van der Waals surface area contributed by atoms with Crippen LogP contribution in [0.2, 0.25) is 0 Å². The minimum atomic E-state index is -0.509. The molecule has 1 aromatic heterocycles. The van der Waals surface area contributed by atoms with E-state index >= 15 is 0 Å². The van der Waals surface area contributed by atoms with Crippen LogP contribution in [0.3, 0.4) is 0 Å². The van der Waals surface area contributed by atoms with E-state index in [2.05, 4.69) is 4.98 Å². The molecule has 0 aliphatic heterocycles. The number of aryl methyl sites for hydroxylation is 2. The third-order valence-corrected chi connectivity index (χ3v) is 2.21. The zero-order valence-corrected chi connectivity index (χ0v) is 7.71. The van der Waals surface area contributed by atoms with Gasteiger partial charge in [0, 0.05) is 0 Å². The van der Waals surface area contributed by atoms with Gasteiger partial charge >= 0.3 is 0 Å². The predicted octanol–water partition coefficient (Wildman–Crippen LogP) is 2.58. The minimum Gasteiger partial charge on any atom is -0.299 e. The normalized spacial score (nSPS) is 11.0. The number of hydrogen-bond donors (Lipinski definition) is 0. The average Bonchev–Trinajstić information content (AvgIpc) is 2.39. The molecule has 0 atom stereocenters. The summed E-state index contributed by atoms with van der Waals surface area (Å²) in [6.07, 6.45) is 0. The van der Waals surface area contributed by atoms with Crippen LogP contribution in [0.4, 0.5) is 4.39 Å².